The summed E-state index contributed by atoms with van der Waals surface area (Å²) in [7, 11) is 0. The molecule has 0 heterocycles. The van der Waals surface area contributed by atoms with Crippen molar-refractivity contribution in [3.63, 3.8) is 0 Å². The molecule has 0 bridgehead atoms. The van der Waals surface area contributed by atoms with Crippen LogP contribution in [0.5, 0.6) is 0 Å². The molecule has 0 saturated heterocycles. The lowest BCUT2D eigenvalue weighted by Gasteiger charge is -2.51. The summed E-state index contributed by atoms with van der Waals surface area (Å²) < 4.78 is 0. The van der Waals surface area contributed by atoms with Crippen LogP contribution in [0.1, 0.15) is 104 Å². The SMILES string of the molecule is CC1CCC12CCCCC2.CC1CCCC2(CCC2)C1. The highest BCUT2D eigenvalue weighted by Crippen LogP contribution is 2.55. The van der Waals surface area contributed by atoms with Gasteiger partial charge in [-0.05, 0) is 74.0 Å². The van der Waals surface area contributed by atoms with Gasteiger partial charge in [-0.15, -0.1) is 0 Å². The number of hydrogen-bond donors (Lipinski definition) is 0. The van der Waals surface area contributed by atoms with E-state index in [1.54, 1.807) is 44.9 Å². The molecule has 0 aromatic carbocycles. The van der Waals surface area contributed by atoms with E-state index in [2.05, 4.69) is 13.8 Å². The smallest absolute Gasteiger partial charge is 0.0272 e. The lowest BCUT2D eigenvalue weighted by Crippen LogP contribution is -2.39. The Morgan fingerprint density at radius 2 is 1.35 bits per heavy atom. The minimum Gasteiger partial charge on any atom is -0.0625 e. The van der Waals surface area contributed by atoms with Crippen molar-refractivity contribution in [2.24, 2.45) is 22.7 Å². The molecule has 116 valence electrons. The van der Waals surface area contributed by atoms with Gasteiger partial charge in [0.2, 0.25) is 0 Å². The Kier molecular flexibility index (Phi) is 4.48. The fourth-order valence-electron chi connectivity index (χ4n) is 5.74. The molecule has 0 aliphatic heterocycles. The van der Waals surface area contributed by atoms with Gasteiger partial charge in [-0.25, -0.2) is 0 Å². The van der Waals surface area contributed by atoms with E-state index in [-0.39, 0.29) is 0 Å². The molecule has 4 rings (SSSR count). The highest BCUT2D eigenvalue weighted by molar-refractivity contribution is 4.94. The first-order valence-electron chi connectivity index (χ1n) is 9.64. The van der Waals surface area contributed by atoms with Gasteiger partial charge >= 0.3 is 0 Å². The van der Waals surface area contributed by atoms with Crippen LogP contribution in [0.25, 0.3) is 0 Å². The lowest BCUT2D eigenvalue weighted by molar-refractivity contribution is 0.00308. The standard InChI is InChI=1S/2C10H18/c1-9-4-2-5-10(8-9)6-3-7-10;1-9-5-8-10(9)6-3-2-4-7-10/h2*9H,2-8H2,1H3. The summed E-state index contributed by atoms with van der Waals surface area (Å²) >= 11 is 0. The van der Waals surface area contributed by atoms with Crippen molar-refractivity contribution in [3.05, 3.63) is 0 Å². The van der Waals surface area contributed by atoms with Crippen molar-refractivity contribution in [1.82, 2.24) is 0 Å². The van der Waals surface area contributed by atoms with Crippen LogP contribution in [-0.4, -0.2) is 0 Å². The molecule has 4 aliphatic carbocycles. The molecule has 2 unspecified atom stereocenters. The predicted molar refractivity (Wildman–Crippen MR) is 87.8 cm³/mol. The zero-order valence-corrected chi connectivity index (χ0v) is 14.1. The maximum atomic E-state index is 2.45. The highest BCUT2D eigenvalue weighted by atomic mass is 14.5. The normalized spacial score (nSPS) is 37.5. The molecule has 2 spiro atoms. The average molecular weight is 277 g/mol. The molecule has 0 heteroatoms. The second kappa shape index (κ2) is 6.01. The minimum atomic E-state index is 0.859. The van der Waals surface area contributed by atoms with Gasteiger partial charge in [-0.1, -0.05) is 52.4 Å². The summed E-state index contributed by atoms with van der Waals surface area (Å²) in [4.78, 5) is 0. The third-order valence-electron chi connectivity index (χ3n) is 7.57. The zero-order valence-electron chi connectivity index (χ0n) is 14.1. The molecule has 0 aromatic heterocycles. The Morgan fingerprint density at radius 1 is 0.650 bits per heavy atom. The van der Waals surface area contributed by atoms with Crippen molar-refractivity contribution in [3.8, 4) is 0 Å². The van der Waals surface area contributed by atoms with E-state index in [9.17, 15) is 0 Å². The Labute approximate surface area is 127 Å². The monoisotopic (exact) mass is 276 g/mol. The van der Waals surface area contributed by atoms with E-state index in [1.807, 2.05) is 0 Å². The summed E-state index contributed by atoms with van der Waals surface area (Å²) in [6, 6.07) is 0. The molecular formula is C20H36. The molecule has 0 nitrogen and oxygen atoms in total. The molecule has 4 saturated carbocycles. The average Bonchev–Trinajstić information content (AvgIpc) is 2.46. The van der Waals surface area contributed by atoms with Gasteiger partial charge in [-0.3, -0.25) is 0 Å². The third kappa shape index (κ3) is 2.95. The van der Waals surface area contributed by atoms with Gasteiger partial charge < -0.3 is 0 Å². The summed E-state index contributed by atoms with van der Waals surface area (Å²) in [5.74, 6) is 2.10. The largest absolute Gasteiger partial charge is 0.0625 e. The van der Waals surface area contributed by atoms with Crippen molar-refractivity contribution in [2.45, 2.75) is 104 Å². The number of hydrogen-bond acceptors (Lipinski definition) is 0. The van der Waals surface area contributed by atoms with Crippen LogP contribution in [0.3, 0.4) is 0 Å². The van der Waals surface area contributed by atoms with Crippen molar-refractivity contribution in [1.29, 1.82) is 0 Å². The fraction of sp³-hybridized carbons (Fsp3) is 1.00. The first-order chi connectivity index (χ1) is 9.64. The highest BCUT2D eigenvalue weighted by Gasteiger charge is 2.43. The Hall–Kier alpha value is 0. The van der Waals surface area contributed by atoms with E-state index >= 15 is 0 Å². The van der Waals surface area contributed by atoms with Gasteiger partial charge in [0.05, 0.1) is 0 Å². The zero-order chi connectivity index (χ0) is 14.1. The molecule has 4 fully saturated rings. The van der Waals surface area contributed by atoms with Crippen LogP contribution in [0.4, 0.5) is 0 Å². The van der Waals surface area contributed by atoms with Gasteiger partial charge in [0.15, 0.2) is 0 Å². The molecule has 0 aromatic rings. The number of rotatable bonds is 0. The van der Waals surface area contributed by atoms with Crippen LogP contribution in [0.2, 0.25) is 0 Å². The molecule has 0 amide bonds. The van der Waals surface area contributed by atoms with Gasteiger partial charge in [0.1, 0.15) is 0 Å². The molecule has 0 N–H and O–H groups in total. The summed E-state index contributed by atoms with van der Waals surface area (Å²) in [5, 5.41) is 0. The summed E-state index contributed by atoms with van der Waals surface area (Å²) in [6.45, 7) is 4.88. The van der Waals surface area contributed by atoms with Crippen molar-refractivity contribution >= 4 is 0 Å². The molecule has 20 heavy (non-hydrogen) atoms. The first-order valence-corrected chi connectivity index (χ1v) is 9.64. The van der Waals surface area contributed by atoms with E-state index in [0.29, 0.717) is 0 Å². The Balaban J connectivity index is 0.000000121. The van der Waals surface area contributed by atoms with Gasteiger partial charge in [0, 0.05) is 0 Å². The van der Waals surface area contributed by atoms with Crippen LogP contribution >= 0.6 is 0 Å². The Morgan fingerprint density at radius 3 is 1.70 bits per heavy atom. The van der Waals surface area contributed by atoms with E-state index in [1.165, 1.54) is 44.9 Å². The predicted octanol–water partition coefficient (Wildman–Crippen LogP) is 6.73. The Bertz CT molecular complexity index is 306. The molecular weight excluding hydrogens is 240 g/mol. The quantitative estimate of drug-likeness (QED) is 0.460. The van der Waals surface area contributed by atoms with Gasteiger partial charge in [0.25, 0.3) is 0 Å². The molecule has 2 atom stereocenters. The maximum absolute atomic E-state index is 2.45. The minimum absolute atomic E-state index is 0.859. The van der Waals surface area contributed by atoms with Crippen LogP contribution in [0.15, 0.2) is 0 Å². The van der Waals surface area contributed by atoms with Crippen LogP contribution in [0, 0.1) is 22.7 Å². The van der Waals surface area contributed by atoms with E-state index < -0.39 is 0 Å². The summed E-state index contributed by atoms with van der Waals surface area (Å²) in [6.07, 6.45) is 21.5. The van der Waals surface area contributed by atoms with Crippen molar-refractivity contribution < 1.29 is 0 Å². The maximum Gasteiger partial charge on any atom is -0.0272 e. The van der Waals surface area contributed by atoms with Crippen LogP contribution in [-0.2, 0) is 0 Å². The van der Waals surface area contributed by atoms with Gasteiger partial charge in [-0.2, -0.15) is 0 Å². The second-order valence-corrected chi connectivity index (χ2v) is 8.92. The topological polar surface area (TPSA) is 0 Å². The first kappa shape index (κ1) is 14.9. The van der Waals surface area contributed by atoms with Crippen molar-refractivity contribution in [2.75, 3.05) is 0 Å². The third-order valence-corrected chi connectivity index (χ3v) is 7.57. The van der Waals surface area contributed by atoms with E-state index in [0.717, 1.165) is 22.7 Å². The molecule has 0 radical (unpaired) electrons. The van der Waals surface area contributed by atoms with E-state index in [4.69, 9.17) is 0 Å². The van der Waals surface area contributed by atoms with Crippen LogP contribution < -0.4 is 0 Å². The lowest BCUT2D eigenvalue weighted by atomic mass is 9.55. The molecule has 4 aliphatic rings. The second-order valence-electron chi connectivity index (χ2n) is 8.92. The fourth-order valence-corrected chi connectivity index (χ4v) is 5.74. The summed E-state index contributed by atoms with van der Waals surface area (Å²) in [5.41, 5.74) is 1.73.